The van der Waals surface area contributed by atoms with Crippen molar-refractivity contribution in [2.45, 2.75) is 0 Å². The Labute approximate surface area is 71.6 Å². The molecule has 0 amide bonds. The first-order valence-corrected chi connectivity index (χ1v) is 2.18. The third-order valence-electron chi connectivity index (χ3n) is 0.192. The van der Waals surface area contributed by atoms with Gasteiger partial charge in [0.15, 0.2) is 11.4 Å². The Kier molecular flexibility index (Phi) is 9.60. The maximum absolute atomic E-state index is 7.81. The first-order valence-electron chi connectivity index (χ1n) is 1.41. The molecule has 0 fully saturated rings. The van der Waals surface area contributed by atoms with Gasteiger partial charge in [-0.05, 0) is 0 Å². The smallest absolute Gasteiger partial charge is 0.198 e. The fraction of sp³-hybridized carbons (Fsp3) is 0. The zero-order valence-corrected chi connectivity index (χ0v) is 8.66. The Morgan fingerprint density at radius 1 is 1.62 bits per heavy atom. The van der Waals surface area contributed by atoms with Crippen LogP contribution in [0.2, 0.25) is 0 Å². The fourth-order valence-corrected chi connectivity index (χ4v) is 0.219. The normalized spacial score (nSPS) is 5.88. The number of hydrogen-bond acceptors (Lipinski definition) is 3. The predicted molar refractivity (Wildman–Crippen MR) is 34.8 cm³/mol. The average Bonchev–Trinajstić information content (AvgIpc) is 1.61. The molecular weight excluding hydrogens is 319 g/mol. The Bertz CT molecular complexity index is 112. The summed E-state index contributed by atoms with van der Waals surface area (Å²) < 4.78 is 3.27. The van der Waals surface area contributed by atoms with Crippen molar-refractivity contribution in [3.8, 4) is 5.40 Å². The van der Waals surface area contributed by atoms with E-state index in [-0.39, 0.29) is 33.3 Å². The maximum Gasteiger partial charge on any atom is 0.198 e. The molecule has 0 aliphatic heterocycles. The van der Waals surface area contributed by atoms with Crippen LogP contribution in [-0.4, -0.2) is 33.3 Å². The molecule has 6 heteroatoms. The Morgan fingerprint density at radius 3 is 2.25 bits per heavy atom. The molecule has 0 bridgehead atoms. The summed E-state index contributed by atoms with van der Waals surface area (Å²) in [4.78, 5) is 0. The van der Waals surface area contributed by atoms with Gasteiger partial charge in [0, 0.05) is 27.3 Å². The minimum atomic E-state index is -0.0773. The molecule has 4 radical (unpaired) electrons. The van der Waals surface area contributed by atoms with Gasteiger partial charge in [0.25, 0.3) is 0 Å². The van der Waals surface area contributed by atoms with Gasteiger partial charge in [-0.1, -0.05) is 0 Å². The number of nitriles is 1. The van der Waals surface area contributed by atoms with Gasteiger partial charge in [-0.15, -0.1) is 0 Å². The molecule has 0 aromatic rings. The Hall–Kier alpha value is 0.0321. The van der Waals surface area contributed by atoms with Crippen LogP contribution in [0.3, 0.4) is 0 Å². The van der Waals surface area contributed by atoms with Gasteiger partial charge < -0.3 is 11.5 Å². The van der Waals surface area contributed by atoms with E-state index in [4.69, 9.17) is 16.7 Å². The average molecular weight is 323 g/mol. The molecule has 0 aromatic carbocycles. The second kappa shape index (κ2) is 7.03. The summed E-state index contributed by atoms with van der Waals surface area (Å²) in [7, 11) is 0. The van der Waals surface area contributed by atoms with Gasteiger partial charge >= 0.3 is 0 Å². The summed E-state index contributed by atoms with van der Waals surface area (Å²) in [6.45, 7) is 0. The molecule has 4 N–H and O–H groups in total. The molecule has 0 rings (SSSR count). The molecule has 0 atom stereocenters. The zero-order valence-electron chi connectivity index (χ0n) is 3.96. The predicted octanol–water partition coefficient (Wildman–Crippen LogP) is -0.992. The molecule has 0 saturated carbocycles. The molecule has 0 aromatic heterocycles. The van der Waals surface area contributed by atoms with Crippen LogP contribution < -0.4 is 11.5 Å². The van der Waals surface area contributed by atoms with Gasteiger partial charge in [-0.25, -0.2) is 0 Å². The van der Waals surface area contributed by atoms with Crippen molar-refractivity contribution in [1.82, 2.24) is 0 Å². The summed E-state index contributed by atoms with van der Waals surface area (Å²) in [5.41, 5.74) is 9.67. The molecule has 0 saturated heterocycles. The molecule has 0 heterocycles. The minimum absolute atomic E-state index is 0. The van der Waals surface area contributed by atoms with Crippen LogP contribution in [0.25, 0.3) is 0 Å². The standard InChI is InChI=1S/C2H4N4S.Pb/c3-1-7-6-2(4)5;/h(H4,4,5,6);. The number of nitrogens with two attached hydrogens (primary N) is 2. The topological polar surface area (TPSA) is 88.2 Å². The van der Waals surface area contributed by atoms with Crippen LogP contribution in [0.4, 0.5) is 0 Å². The van der Waals surface area contributed by atoms with Gasteiger partial charge in [-0.3, -0.25) is 0 Å². The van der Waals surface area contributed by atoms with Crippen molar-refractivity contribution < 1.29 is 0 Å². The zero-order chi connectivity index (χ0) is 5.70. The van der Waals surface area contributed by atoms with E-state index in [1.165, 1.54) is 0 Å². The van der Waals surface area contributed by atoms with Gasteiger partial charge in [-0.2, -0.15) is 9.66 Å². The quantitative estimate of drug-likeness (QED) is 0.213. The first-order chi connectivity index (χ1) is 3.27. The van der Waals surface area contributed by atoms with Crippen molar-refractivity contribution >= 4 is 45.2 Å². The van der Waals surface area contributed by atoms with Crippen molar-refractivity contribution in [3.63, 3.8) is 0 Å². The van der Waals surface area contributed by atoms with Gasteiger partial charge in [0.2, 0.25) is 0 Å². The molecule has 0 aliphatic carbocycles. The SMILES string of the molecule is N#CSN=C(N)N.[Pb]. The van der Waals surface area contributed by atoms with Crippen molar-refractivity contribution in [3.05, 3.63) is 0 Å². The van der Waals surface area contributed by atoms with Crippen LogP contribution in [0, 0.1) is 10.7 Å². The van der Waals surface area contributed by atoms with E-state index in [9.17, 15) is 0 Å². The van der Waals surface area contributed by atoms with E-state index in [1.54, 1.807) is 5.40 Å². The molecular formula is C2H4N4PbS. The third-order valence-corrected chi connectivity index (χ3v) is 0.576. The molecule has 4 nitrogen and oxygen atoms in total. The second-order valence-corrected chi connectivity index (χ2v) is 1.25. The van der Waals surface area contributed by atoms with E-state index in [1.807, 2.05) is 0 Å². The summed E-state index contributed by atoms with van der Waals surface area (Å²) in [6, 6.07) is 0. The largest absolute Gasteiger partial charge is 0.369 e. The molecule has 42 valence electrons. The van der Waals surface area contributed by atoms with E-state index >= 15 is 0 Å². The van der Waals surface area contributed by atoms with Crippen LogP contribution >= 0.6 is 11.9 Å². The van der Waals surface area contributed by atoms with E-state index in [0.717, 1.165) is 0 Å². The third kappa shape index (κ3) is 9.40. The number of hydrogen-bond donors (Lipinski definition) is 2. The van der Waals surface area contributed by atoms with E-state index in [0.29, 0.717) is 11.9 Å². The molecule has 8 heavy (non-hydrogen) atoms. The van der Waals surface area contributed by atoms with Crippen molar-refractivity contribution in [1.29, 1.82) is 5.26 Å². The monoisotopic (exact) mass is 324 g/mol. The minimum Gasteiger partial charge on any atom is -0.369 e. The first kappa shape index (κ1) is 10.9. The summed E-state index contributed by atoms with van der Waals surface area (Å²) in [5, 5.41) is 9.48. The van der Waals surface area contributed by atoms with Crippen molar-refractivity contribution in [2.75, 3.05) is 0 Å². The fourth-order valence-electron chi connectivity index (χ4n) is 0.0731. The van der Waals surface area contributed by atoms with Crippen LogP contribution in [0.5, 0.6) is 0 Å². The Morgan fingerprint density at radius 2 is 2.12 bits per heavy atom. The molecule has 0 unspecified atom stereocenters. The van der Waals surface area contributed by atoms with Crippen LogP contribution in [0.1, 0.15) is 0 Å². The Balaban J connectivity index is 0. The van der Waals surface area contributed by atoms with Crippen molar-refractivity contribution in [2.24, 2.45) is 15.9 Å². The van der Waals surface area contributed by atoms with E-state index < -0.39 is 0 Å². The van der Waals surface area contributed by atoms with E-state index in [2.05, 4.69) is 4.40 Å². The van der Waals surface area contributed by atoms with Crippen LogP contribution in [0.15, 0.2) is 4.40 Å². The number of rotatable bonds is 1. The van der Waals surface area contributed by atoms with Gasteiger partial charge in [0.1, 0.15) is 0 Å². The maximum atomic E-state index is 7.81. The summed E-state index contributed by atoms with van der Waals surface area (Å²) in [6.07, 6.45) is 0. The van der Waals surface area contributed by atoms with Crippen LogP contribution in [-0.2, 0) is 0 Å². The number of thiocyanates is 1. The molecule has 0 spiro atoms. The molecule has 0 aliphatic rings. The van der Waals surface area contributed by atoms with Gasteiger partial charge in [0.05, 0.1) is 11.9 Å². The second-order valence-electron chi connectivity index (χ2n) is 0.699. The summed E-state index contributed by atoms with van der Waals surface area (Å²) in [5.74, 6) is -0.0773. The number of nitrogens with zero attached hydrogens (tertiary/aromatic N) is 2. The summed E-state index contributed by atoms with van der Waals surface area (Å²) >= 11 is 0.660. The number of guanidine groups is 1.